The van der Waals surface area contributed by atoms with E-state index >= 15 is 0 Å². The molecule has 36 heteroatoms. The number of fused-ring (bicyclic) bond motifs is 1. The molecule has 25 nitrogen and oxygen atoms in total. The molecule has 3 aromatic carbocycles. The molecule has 0 atom stereocenters. The van der Waals surface area contributed by atoms with Crippen LogP contribution < -0.4 is 44.7 Å². The highest BCUT2D eigenvalue weighted by molar-refractivity contribution is 7.90. The number of anilines is 2. The molecular formula is C44H39Cl2F7N12O13S2. The highest BCUT2D eigenvalue weighted by Gasteiger charge is 2.30. The number of terminal acetylenes is 1. The predicted molar refractivity (Wildman–Crippen MR) is 264 cm³/mol. The molecule has 0 saturated carbocycles. The second kappa shape index (κ2) is 27.4. The van der Waals surface area contributed by atoms with Gasteiger partial charge in [-0.15, -0.1) is 11.5 Å². The fraction of sp³-hybridized carbons (Fsp3) is 0.273. The average molecular weight is 1210 g/mol. The molecule has 80 heavy (non-hydrogen) atoms. The Morgan fingerprint density at radius 3 is 1.95 bits per heavy atom. The lowest BCUT2D eigenvalue weighted by Gasteiger charge is -2.13. The number of hydrogen-bond acceptors (Lipinski definition) is 18. The summed E-state index contributed by atoms with van der Waals surface area (Å²) in [7, 11) is -7.86. The number of halogens is 9. The summed E-state index contributed by atoms with van der Waals surface area (Å²) >= 11 is 12.3. The maximum atomic E-state index is 12.5. The van der Waals surface area contributed by atoms with E-state index in [1.807, 2.05) is 0 Å². The Bertz CT molecular complexity index is 3550. The summed E-state index contributed by atoms with van der Waals surface area (Å²) in [5.41, 5.74) is -0.487. The van der Waals surface area contributed by atoms with E-state index < -0.39 is 103 Å². The van der Waals surface area contributed by atoms with E-state index in [-0.39, 0.29) is 35.6 Å². The molecule has 3 aromatic heterocycles. The van der Waals surface area contributed by atoms with Crippen LogP contribution in [0, 0.1) is 19.3 Å². The molecule has 428 valence electrons. The fourth-order valence-corrected chi connectivity index (χ4v) is 9.37. The van der Waals surface area contributed by atoms with Gasteiger partial charge in [0.05, 0.1) is 39.4 Å². The molecule has 0 bridgehead atoms. The summed E-state index contributed by atoms with van der Waals surface area (Å²) in [5, 5.41) is 17.9. The molecule has 6 aromatic rings. The molecule has 4 heterocycles. The van der Waals surface area contributed by atoms with Crippen molar-refractivity contribution in [2.24, 2.45) is 0 Å². The lowest BCUT2D eigenvalue weighted by molar-refractivity contribution is -0.134. The summed E-state index contributed by atoms with van der Waals surface area (Å²) in [6.07, 6.45) is 1.78. The van der Waals surface area contributed by atoms with Gasteiger partial charge in [-0.05, 0) is 56.0 Å². The molecule has 5 N–H and O–H groups in total. The minimum atomic E-state index is -4.71. The minimum absolute atomic E-state index is 0.0715. The predicted octanol–water partition coefficient (Wildman–Crippen LogP) is 6.77. The number of carbonyl (C=O) groups excluding carboxylic acids is 2. The Kier molecular flexibility index (Phi) is 21.3. The lowest BCUT2D eigenvalue weighted by Crippen LogP contribution is -2.35. The monoisotopic (exact) mass is 1210 g/mol. The third kappa shape index (κ3) is 18.0. The Morgan fingerprint density at radius 2 is 1.39 bits per heavy atom. The number of nitrogens with zero attached hydrogens (tertiary/aromatic N) is 8. The van der Waals surface area contributed by atoms with Crippen LogP contribution in [0.5, 0.6) is 23.5 Å². The second-order valence-electron chi connectivity index (χ2n) is 15.4. The quantitative estimate of drug-likeness (QED) is 0.0464. The zero-order valence-corrected chi connectivity index (χ0v) is 43.8. The molecule has 1 aliphatic rings. The zero-order valence-electron chi connectivity index (χ0n) is 40.7. The summed E-state index contributed by atoms with van der Waals surface area (Å²) in [6.45, 7) is -4.56. The van der Waals surface area contributed by atoms with Gasteiger partial charge >= 0.3 is 49.1 Å². The molecule has 0 radical (unpaired) electrons. The Balaban J connectivity index is 0.000000223. The van der Waals surface area contributed by atoms with E-state index in [1.165, 1.54) is 59.8 Å². The van der Waals surface area contributed by atoms with Crippen LogP contribution in [-0.2, 0) is 39.4 Å². The van der Waals surface area contributed by atoms with Crippen LogP contribution in [0.3, 0.4) is 0 Å². The molecular weight excluding hydrogens is 1170 g/mol. The van der Waals surface area contributed by atoms with Gasteiger partial charge in [0.2, 0.25) is 23.7 Å². The Hall–Kier alpha value is -8.55. The number of carboxylic acids is 1. The third-order valence-corrected chi connectivity index (χ3v) is 13.2. The topological polar surface area (TPSA) is 329 Å². The van der Waals surface area contributed by atoms with Crippen LogP contribution in [0.25, 0.3) is 5.69 Å². The Labute approximate surface area is 456 Å². The molecule has 0 unspecified atom stereocenters. The van der Waals surface area contributed by atoms with E-state index in [2.05, 4.69) is 50.7 Å². The standard InChI is InChI=1S/C15H13Cl2N3O2.C15H16F3N5O4S.C14H10F4N4O7S/c1-2-7-22-13-9-12(10(16)8-11(13)17)20-15(21)19-6-4-3-5-14(19)18-20;1-9-19-12(22-14(20-9)27-2)21-13(24)23-28(25,26)11-6-4-3-5-10(11)7-8-15(16,17)18;15-11(16)28-8-5-9(29-12(17)18)20-13(19-8)21-14(25)22-30(26,27)7-4-2-1-3-6(7)10(23)24/h1,8-9H,3-7H2;3-6H,7-8H2,1-2H3,(H2,19,20,21,22,23,24);1-5,11-12H,(H,23,24)(H2,19,20,21,22,25). The number of nitrogens with one attached hydrogen (secondary N) is 4. The first-order valence-corrected chi connectivity index (χ1v) is 25.8. The first-order valence-electron chi connectivity index (χ1n) is 22.0. The van der Waals surface area contributed by atoms with Gasteiger partial charge in [-0.3, -0.25) is 15.2 Å². The molecule has 1 aliphatic heterocycles. The number of aryl methyl sites for hydroxylation is 3. The second-order valence-corrected chi connectivity index (χ2v) is 19.5. The van der Waals surface area contributed by atoms with Gasteiger partial charge < -0.3 is 24.1 Å². The first-order chi connectivity index (χ1) is 37.6. The van der Waals surface area contributed by atoms with Crippen molar-refractivity contribution in [3.63, 3.8) is 0 Å². The van der Waals surface area contributed by atoms with E-state index in [0.717, 1.165) is 43.3 Å². The van der Waals surface area contributed by atoms with Crippen molar-refractivity contribution in [1.29, 1.82) is 0 Å². The lowest BCUT2D eigenvalue weighted by atomic mass is 10.1. The smallest absolute Gasteiger partial charge is 0.389 e. The van der Waals surface area contributed by atoms with Gasteiger partial charge in [0.15, 0.2) is 0 Å². The minimum Gasteiger partial charge on any atom is -0.479 e. The van der Waals surface area contributed by atoms with Crippen LogP contribution in [-0.4, -0.2) is 112 Å². The van der Waals surface area contributed by atoms with Crippen molar-refractivity contribution in [2.45, 2.75) is 74.8 Å². The number of alkyl halides is 7. The zero-order chi connectivity index (χ0) is 59.1. The molecule has 0 aliphatic carbocycles. The molecule has 0 saturated heterocycles. The van der Waals surface area contributed by atoms with Crippen LogP contribution >= 0.6 is 23.2 Å². The number of sulfonamides is 2. The van der Waals surface area contributed by atoms with Gasteiger partial charge in [0, 0.05) is 25.5 Å². The maximum Gasteiger partial charge on any atom is 0.389 e. The first kappa shape index (κ1) is 62.3. The van der Waals surface area contributed by atoms with Crippen molar-refractivity contribution >= 4 is 73.2 Å². The number of aromatic nitrogens is 8. The number of hydrogen-bond donors (Lipinski definition) is 5. The third-order valence-electron chi connectivity index (χ3n) is 9.77. The fourth-order valence-electron chi connectivity index (χ4n) is 6.57. The van der Waals surface area contributed by atoms with Gasteiger partial charge in [-0.2, -0.15) is 60.3 Å². The number of carbonyl (C=O) groups is 3. The number of aromatic carboxylic acids is 1. The highest BCUT2D eigenvalue weighted by atomic mass is 35.5. The summed E-state index contributed by atoms with van der Waals surface area (Å²) in [4.78, 5) is 64.3. The van der Waals surface area contributed by atoms with Gasteiger partial charge in [-0.25, -0.2) is 45.5 Å². The molecule has 7 rings (SSSR count). The van der Waals surface area contributed by atoms with Gasteiger partial charge in [0.25, 0.3) is 20.0 Å². The van der Waals surface area contributed by atoms with Crippen LogP contribution in [0.2, 0.25) is 10.0 Å². The van der Waals surface area contributed by atoms with Gasteiger partial charge in [-0.1, -0.05) is 59.5 Å². The Morgan fingerprint density at radius 1 is 0.812 bits per heavy atom. The number of benzene rings is 3. The summed E-state index contributed by atoms with van der Waals surface area (Å²) in [6, 6.07) is 10.1. The maximum absolute atomic E-state index is 12.5. The normalized spacial score (nSPS) is 12.1. The number of rotatable bonds is 17. The van der Waals surface area contributed by atoms with Crippen LogP contribution in [0.15, 0.2) is 81.3 Å². The van der Waals surface area contributed by atoms with Crippen molar-refractivity contribution in [3.05, 3.63) is 110 Å². The number of urea groups is 2. The number of amides is 4. The van der Waals surface area contributed by atoms with Crippen molar-refractivity contribution in [3.8, 4) is 41.6 Å². The number of ether oxygens (including phenoxy) is 4. The molecule has 4 amide bonds. The number of methoxy groups -OCH3 is 1. The largest absolute Gasteiger partial charge is 0.479 e. The van der Waals surface area contributed by atoms with Crippen LogP contribution in [0.4, 0.5) is 52.2 Å². The average Bonchev–Trinajstić information content (AvgIpc) is 3.74. The van der Waals surface area contributed by atoms with Crippen LogP contribution in [0.1, 0.15) is 46.8 Å². The summed E-state index contributed by atoms with van der Waals surface area (Å²) < 4.78 is 160. The molecule has 0 fully saturated rings. The van der Waals surface area contributed by atoms with E-state index in [1.54, 1.807) is 20.7 Å². The van der Waals surface area contributed by atoms with Crippen molar-refractivity contribution < 1.29 is 86.0 Å². The highest BCUT2D eigenvalue weighted by Crippen LogP contribution is 2.33. The number of carboxylic acid groups (broad SMARTS) is 1. The van der Waals surface area contributed by atoms with Crippen molar-refractivity contribution in [1.82, 2.24) is 48.7 Å². The van der Waals surface area contributed by atoms with Crippen molar-refractivity contribution in [2.75, 3.05) is 24.4 Å². The SMILES string of the molecule is C#CCOc1cc(-n2nc3n(c2=O)CCCC3)c(Cl)cc1Cl.COc1nc(C)nc(NC(=O)NS(=O)(=O)c2ccccc2CCC(F)(F)F)n1.O=C(Nc1nc(OC(F)F)cc(OC(F)F)n1)NS(=O)(=O)c1ccccc1C(=O)O. The van der Waals surface area contributed by atoms with E-state index in [9.17, 15) is 66.7 Å². The van der Waals surface area contributed by atoms with Gasteiger partial charge in [0.1, 0.15) is 28.9 Å². The van der Waals surface area contributed by atoms with E-state index in [0.29, 0.717) is 34.1 Å². The summed E-state index contributed by atoms with van der Waals surface area (Å²) in [5.74, 6) is -0.996. The molecule has 0 spiro atoms. The van der Waals surface area contributed by atoms with E-state index in [4.69, 9.17) is 44.2 Å².